The van der Waals surface area contributed by atoms with Gasteiger partial charge in [0.15, 0.2) is 0 Å². The van der Waals surface area contributed by atoms with Crippen LogP contribution in [0.2, 0.25) is 5.15 Å². The number of rotatable bonds is 5. The van der Waals surface area contributed by atoms with E-state index in [1.54, 1.807) is 6.20 Å². The molecule has 0 spiro atoms. The lowest BCUT2D eigenvalue weighted by Crippen LogP contribution is -2.25. The fourth-order valence-electron chi connectivity index (χ4n) is 1.10. The lowest BCUT2D eigenvalue weighted by molar-refractivity contribution is 0.341. The van der Waals surface area contributed by atoms with E-state index in [1.807, 2.05) is 11.9 Å². The highest BCUT2D eigenvalue weighted by molar-refractivity contribution is 7.90. The Morgan fingerprint density at radius 2 is 2.06 bits per heavy atom. The summed E-state index contributed by atoms with van der Waals surface area (Å²) < 4.78 is 21.9. The standard InChI is InChI=1S/C9H14ClN3O2S/c1-13(3-4-16(2,14)15)7-8-5-12-9(10)6-11-8/h5-6H,3-4,7H2,1-2H3. The van der Waals surface area contributed by atoms with Crippen LogP contribution < -0.4 is 0 Å². The first kappa shape index (κ1) is 13.3. The van der Waals surface area contributed by atoms with Crippen LogP contribution in [0.1, 0.15) is 5.69 Å². The number of aromatic nitrogens is 2. The molecule has 0 N–H and O–H groups in total. The summed E-state index contributed by atoms with van der Waals surface area (Å²) in [5.74, 6) is 0.143. The van der Waals surface area contributed by atoms with E-state index in [1.165, 1.54) is 12.5 Å². The van der Waals surface area contributed by atoms with Crippen LogP contribution in [-0.2, 0) is 16.4 Å². The molecule has 0 unspecified atom stereocenters. The Labute approximate surface area is 100 Å². The third kappa shape index (κ3) is 5.39. The van der Waals surface area contributed by atoms with E-state index >= 15 is 0 Å². The van der Waals surface area contributed by atoms with Crippen LogP contribution in [0, 0.1) is 0 Å². The highest BCUT2D eigenvalue weighted by Crippen LogP contribution is 2.03. The SMILES string of the molecule is CN(CCS(C)(=O)=O)Cc1cnc(Cl)cn1. The molecule has 90 valence electrons. The predicted octanol–water partition coefficient (Wildman–Crippen LogP) is 0.606. The van der Waals surface area contributed by atoms with Gasteiger partial charge < -0.3 is 0 Å². The van der Waals surface area contributed by atoms with Crippen molar-refractivity contribution < 1.29 is 8.42 Å². The van der Waals surface area contributed by atoms with E-state index < -0.39 is 9.84 Å². The molecule has 0 aliphatic rings. The van der Waals surface area contributed by atoms with Crippen molar-refractivity contribution in [3.8, 4) is 0 Å². The fourth-order valence-corrected chi connectivity index (χ4v) is 1.84. The van der Waals surface area contributed by atoms with Gasteiger partial charge >= 0.3 is 0 Å². The van der Waals surface area contributed by atoms with Crippen molar-refractivity contribution in [1.29, 1.82) is 0 Å². The molecule has 1 aromatic heterocycles. The van der Waals surface area contributed by atoms with Gasteiger partial charge in [-0.1, -0.05) is 11.6 Å². The molecular weight excluding hydrogens is 250 g/mol. The van der Waals surface area contributed by atoms with E-state index in [-0.39, 0.29) is 5.75 Å². The molecule has 0 saturated carbocycles. The molecule has 0 aliphatic heterocycles. The molecule has 0 amide bonds. The summed E-state index contributed by atoms with van der Waals surface area (Å²) in [6, 6.07) is 0. The average molecular weight is 264 g/mol. The molecule has 0 aromatic carbocycles. The zero-order chi connectivity index (χ0) is 12.2. The van der Waals surface area contributed by atoms with Gasteiger partial charge in [-0.05, 0) is 7.05 Å². The van der Waals surface area contributed by atoms with Crippen LogP contribution in [-0.4, -0.2) is 48.9 Å². The first-order chi connectivity index (χ1) is 7.37. The zero-order valence-electron chi connectivity index (χ0n) is 9.22. The minimum atomic E-state index is -2.92. The molecule has 5 nitrogen and oxygen atoms in total. The summed E-state index contributed by atoms with van der Waals surface area (Å²) in [7, 11) is -1.08. The molecule has 1 aromatic rings. The molecule has 1 rings (SSSR count). The normalized spacial score (nSPS) is 12.0. The van der Waals surface area contributed by atoms with Crippen molar-refractivity contribution in [2.45, 2.75) is 6.54 Å². The van der Waals surface area contributed by atoms with Gasteiger partial charge in [-0.25, -0.2) is 13.4 Å². The van der Waals surface area contributed by atoms with Crippen molar-refractivity contribution in [3.63, 3.8) is 0 Å². The van der Waals surface area contributed by atoms with Crippen molar-refractivity contribution in [2.24, 2.45) is 0 Å². The van der Waals surface area contributed by atoms with E-state index in [0.29, 0.717) is 18.2 Å². The van der Waals surface area contributed by atoms with Crippen LogP contribution >= 0.6 is 11.6 Å². The van der Waals surface area contributed by atoms with E-state index in [0.717, 1.165) is 5.69 Å². The lowest BCUT2D eigenvalue weighted by atomic mass is 10.4. The Kier molecular flexibility index (Phi) is 4.64. The molecule has 0 fully saturated rings. The molecule has 0 aliphatic carbocycles. The van der Waals surface area contributed by atoms with Gasteiger partial charge in [-0.2, -0.15) is 0 Å². The summed E-state index contributed by atoms with van der Waals surface area (Å²) in [6.45, 7) is 1.03. The Bertz CT molecular complexity index is 433. The number of hydrogen-bond donors (Lipinski definition) is 0. The quantitative estimate of drug-likeness (QED) is 0.779. The van der Waals surface area contributed by atoms with Crippen LogP contribution in [0.15, 0.2) is 12.4 Å². The lowest BCUT2D eigenvalue weighted by Gasteiger charge is -2.14. The fraction of sp³-hybridized carbons (Fsp3) is 0.556. The topological polar surface area (TPSA) is 63.2 Å². The van der Waals surface area contributed by atoms with Gasteiger partial charge in [0, 0.05) is 19.3 Å². The van der Waals surface area contributed by atoms with Crippen molar-refractivity contribution >= 4 is 21.4 Å². The van der Waals surface area contributed by atoms with E-state index in [9.17, 15) is 8.42 Å². The van der Waals surface area contributed by atoms with Gasteiger partial charge in [-0.15, -0.1) is 0 Å². The maximum Gasteiger partial charge on any atom is 0.148 e. The second kappa shape index (κ2) is 5.56. The predicted molar refractivity (Wildman–Crippen MR) is 63.1 cm³/mol. The molecular formula is C9H14ClN3O2S. The average Bonchev–Trinajstić information content (AvgIpc) is 2.18. The highest BCUT2D eigenvalue weighted by atomic mass is 35.5. The van der Waals surface area contributed by atoms with Crippen LogP contribution in [0.5, 0.6) is 0 Å². The summed E-state index contributed by atoms with van der Waals surface area (Å²) >= 11 is 5.60. The van der Waals surface area contributed by atoms with Gasteiger partial charge in [-0.3, -0.25) is 9.88 Å². The van der Waals surface area contributed by atoms with Crippen molar-refractivity contribution in [3.05, 3.63) is 23.2 Å². The Morgan fingerprint density at radius 1 is 1.38 bits per heavy atom. The van der Waals surface area contributed by atoms with E-state index in [4.69, 9.17) is 11.6 Å². The second-order valence-electron chi connectivity index (χ2n) is 3.70. The summed E-state index contributed by atoms with van der Waals surface area (Å²) in [4.78, 5) is 9.85. The third-order valence-electron chi connectivity index (χ3n) is 1.95. The Balaban J connectivity index is 2.45. The summed E-state index contributed by atoms with van der Waals surface area (Å²) in [6.07, 6.45) is 4.28. The molecule has 0 radical (unpaired) electrons. The number of nitrogens with zero attached hydrogens (tertiary/aromatic N) is 3. The summed E-state index contributed by atoms with van der Waals surface area (Å²) in [5, 5.41) is 0.350. The largest absolute Gasteiger partial charge is 0.299 e. The smallest absolute Gasteiger partial charge is 0.148 e. The molecule has 0 atom stereocenters. The van der Waals surface area contributed by atoms with Gasteiger partial charge in [0.25, 0.3) is 0 Å². The van der Waals surface area contributed by atoms with Crippen molar-refractivity contribution in [1.82, 2.24) is 14.9 Å². The first-order valence-electron chi connectivity index (χ1n) is 4.69. The second-order valence-corrected chi connectivity index (χ2v) is 6.35. The molecule has 7 heteroatoms. The first-order valence-corrected chi connectivity index (χ1v) is 7.13. The maximum absolute atomic E-state index is 11.0. The number of halogens is 1. The monoisotopic (exact) mass is 263 g/mol. The minimum Gasteiger partial charge on any atom is -0.299 e. The number of sulfone groups is 1. The van der Waals surface area contributed by atoms with Crippen LogP contribution in [0.4, 0.5) is 0 Å². The van der Waals surface area contributed by atoms with Crippen LogP contribution in [0.3, 0.4) is 0 Å². The summed E-state index contributed by atoms with van der Waals surface area (Å²) in [5.41, 5.74) is 0.764. The minimum absolute atomic E-state index is 0.143. The molecule has 1 heterocycles. The van der Waals surface area contributed by atoms with Crippen LogP contribution in [0.25, 0.3) is 0 Å². The molecule has 0 saturated heterocycles. The maximum atomic E-state index is 11.0. The Hall–Kier alpha value is -0.720. The van der Waals surface area contributed by atoms with Gasteiger partial charge in [0.1, 0.15) is 15.0 Å². The van der Waals surface area contributed by atoms with Crippen molar-refractivity contribution in [2.75, 3.05) is 25.6 Å². The highest BCUT2D eigenvalue weighted by Gasteiger charge is 2.06. The number of hydrogen-bond acceptors (Lipinski definition) is 5. The third-order valence-corrected chi connectivity index (χ3v) is 3.07. The Morgan fingerprint density at radius 3 is 2.56 bits per heavy atom. The molecule has 16 heavy (non-hydrogen) atoms. The molecule has 0 bridgehead atoms. The van der Waals surface area contributed by atoms with E-state index in [2.05, 4.69) is 9.97 Å². The zero-order valence-corrected chi connectivity index (χ0v) is 10.8. The van der Waals surface area contributed by atoms with Gasteiger partial charge in [0.2, 0.25) is 0 Å². The van der Waals surface area contributed by atoms with Gasteiger partial charge in [0.05, 0.1) is 23.8 Å².